The molecule has 0 radical (unpaired) electrons. The van der Waals surface area contributed by atoms with E-state index >= 15 is 0 Å². The number of thiophene rings is 1. The zero-order chi connectivity index (χ0) is 11.5. The van der Waals surface area contributed by atoms with Gasteiger partial charge in [-0.3, -0.25) is 4.90 Å². The number of hydrogen-bond acceptors (Lipinski definition) is 3. The minimum atomic E-state index is 0.606. The van der Waals surface area contributed by atoms with E-state index in [0.29, 0.717) is 6.04 Å². The van der Waals surface area contributed by atoms with Crippen LogP contribution in [0, 0.1) is 5.92 Å². The third-order valence-electron chi connectivity index (χ3n) is 3.50. The molecule has 1 aromatic rings. The van der Waals surface area contributed by atoms with E-state index in [2.05, 4.69) is 35.5 Å². The Hall–Kier alpha value is -0.380. The van der Waals surface area contributed by atoms with Crippen molar-refractivity contribution in [2.75, 3.05) is 26.7 Å². The molecule has 1 aromatic heterocycles. The van der Waals surface area contributed by atoms with E-state index in [-0.39, 0.29) is 0 Å². The minimum Gasteiger partial charge on any atom is -0.319 e. The van der Waals surface area contributed by atoms with E-state index in [1.165, 1.54) is 19.5 Å². The summed E-state index contributed by atoms with van der Waals surface area (Å²) in [6, 6.07) is 2.91. The molecule has 0 spiro atoms. The summed E-state index contributed by atoms with van der Waals surface area (Å²) >= 11 is 1.92. The van der Waals surface area contributed by atoms with Gasteiger partial charge >= 0.3 is 0 Å². The van der Waals surface area contributed by atoms with Gasteiger partial charge in [0.2, 0.25) is 0 Å². The molecule has 16 heavy (non-hydrogen) atoms. The van der Waals surface area contributed by atoms with Crippen LogP contribution in [0.25, 0.3) is 0 Å². The monoisotopic (exact) mass is 238 g/mol. The lowest BCUT2D eigenvalue weighted by molar-refractivity contribution is 0.173. The quantitative estimate of drug-likeness (QED) is 0.867. The summed E-state index contributed by atoms with van der Waals surface area (Å²) in [6.45, 7) is 8.21. The van der Waals surface area contributed by atoms with Crippen LogP contribution >= 0.6 is 11.3 Å². The zero-order valence-electron chi connectivity index (χ0n) is 10.5. The number of rotatable bonds is 4. The fourth-order valence-electron chi connectivity index (χ4n) is 2.62. The van der Waals surface area contributed by atoms with Crippen molar-refractivity contribution in [3.05, 3.63) is 21.9 Å². The largest absolute Gasteiger partial charge is 0.319 e. The maximum atomic E-state index is 3.26. The van der Waals surface area contributed by atoms with Crippen LogP contribution in [0.1, 0.15) is 30.3 Å². The van der Waals surface area contributed by atoms with Gasteiger partial charge in [-0.15, -0.1) is 11.3 Å². The van der Waals surface area contributed by atoms with Crippen molar-refractivity contribution in [3.63, 3.8) is 0 Å². The highest BCUT2D eigenvalue weighted by molar-refractivity contribution is 7.10. The van der Waals surface area contributed by atoms with Crippen LogP contribution in [0.4, 0.5) is 0 Å². The van der Waals surface area contributed by atoms with Gasteiger partial charge in [0.05, 0.1) is 0 Å². The van der Waals surface area contributed by atoms with Gasteiger partial charge in [0.15, 0.2) is 0 Å². The van der Waals surface area contributed by atoms with Gasteiger partial charge in [-0.2, -0.15) is 0 Å². The Balaban J connectivity index is 1.99. The van der Waals surface area contributed by atoms with E-state index in [1.54, 1.807) is 10.4 Å². The maximum Gasteiger partial charge on any atom is 0.0331 e. The third kappa shape index (κ3) is 2.47. The second kappa shape index (κ2) is 5.30. The molecular formula is C13H22N2S. The summed E-state index contributed by atoms with van der Waals surface area (Å²) in [5, 5.41) is 5.50. The molecule has 2 nitrogen and oxygen atoms in total. The molecule has 0 saturated heterocycles. The molecule has 1 N–H and O–H groups in total. The van der Waals surface area contributed by atoms with Gasteiger partial charge in [0.1, 0.15) is 0 Å². The van der Waals surface area contributed by atoms with Crippen LogP contribution in [-0.2, 0) is 6.42 Å². The Morgan fingerprint density at radius 2 is 2.44 bits per heavy atom. The van der Waals surface area contributed by atoms with Crippen LogP contribution in [0.3, 0.4) is 0 Å². The summed E-state index contributed by atoms with van der Waals surface area (Å²) in [7, 11) is 2.03. The smallest absolute Gasteiger partial charge is 0.0331 e. The van der Waals surface area contributed by atoms with Gasteiger partial charge in [-0.25, -0.2) is 0 Å². The molecule has 1 aliphatic rings. The average Bonchev–Trinajstić information content (AvgIpc) is 2.71. The van der Waals surface area contributed by atoms with Crippen LogP contribution in [0.2, 0.25) is 0 Å². The molecule has 0 saturated carbocycles. The van der Waals surface area contributed by atoms with Crippen molar-refractivity contribution in [1.82, 2.24) is 10.2 Å². The lowest BCUT2D eigenvalue weighted by Gasteiger charge is -2.35. The predicted octanol–water partition coefficient (Wildman–Crippen LogP) is 2.52. The Kier molecular flexibility index (Phi) is 4.00. The Morgan fingerprint density at radius 1 is 1.62 bits per heavy atom. The van der Waals surface area contributed by atoms with Gasteiger partial charge in [-0.1, -0.05) is 6.92 Å². The van der Waals surface area contributed by atoms with Gasteiger partial charge in [0.25, 0.3) is 0 Å². The fourth-order valence-corrected chi connectivity index (χ4v) is 3.59. The van der Waals surface area contributed by atoms with Crippen molar-refractivity contribution in [2.45, 2.75) is 26.3 Å². The SMILES string of the molecule is CNCC(C)CN1CCc2sccc2C1C. The van der Waals surface area contributed by atoms with Crippen molar-refractivity contribution in [2.24, 2.45) is 5.92 Å². The summed E-state index contributed by atoms with van der Waals surface area (Å²) in [5.74, 6) is 0.729. The number of hydrogen-bond donors (Lipinski definition) is 1. The van der Waals surface area contributed by atoms with E-state index in [1.807, 2.05) is 18.4 Å². The molecule has 2 heterocycles. The summed E-state index contributed by atoms with van der Waals surface area (Å²) in [5.41, 5.74) is 1.56. The third-order valence-corrected chi connectivity index (χ3v) is 4.50. The number of nitrogens with zero attached hydrogens (tertiary/aromatic N) is 1. The number of fused-ring (bicyclic) bond motifs is 1. The minimum absolute atomic E-state index is 0.606. The van der Waals surface area contributed by atoms with Crippen LogP contribution < -0.4 is 5.32 Å². The Morgan fingerprint density at radius 3 is 3.19 bits per heavy atom. The van der Waals surface area contributed by atoms with Crippen LogP contribution in [0.15, 0.2) is 11.4 Å². The van der Waals surface area contributed by atoms with E-state index in [0.717, 1.165) is 12.5 Å². The first kappa shape index (κ1) is 12.1. The van der Waals surface area contributed by atoms with Gasteiger partial charge < -0.3 is 5.32 Å². The Bertz CT molecular complexity index is 334. The van der Waals surface area contributed by atoms with Crippen molar-refractivity contribution >= 4 is 11.3 Å². The standard InChI is InChI=1S/C13H22N2S/c1-10(8-14-3)9-15-6-4-13-12(11(15)2)5-7-16-13/h5,7,10-11,14H,4,6,8-9H2,1-3H3. The zero-order valence-corrected chi connectivity index (χ0v) is 11.3. The normalized spacial score (nSPS) is 23.1. The molecule has 0 amide bonds. The van der Waals surface area contributed by atoms with Gasteiger partial charge in [-0.05, 0) is 49.9 Å². The van der Waals surface area contributed by atoms with Crippen molar-refractivity contribution < 1.29 is 0 Å². The van der Waals surface area contributed by atoms with Crippen LogP contribution in [0.5, 0.6) is 0 Å². The molecule has 1 aliphatic heterocycles. The predicted molar refractivity (Wildman–Crippen MR) is 71.1 cm³/mol. The lowest BCUT2D eigenvalue weighted by Crippen LogP contribution is -2.38. The highest BCUT2D eigenvalue weighted by atomic mass is 32.1. The molecule has 2 atom stereocenters. The first-order chi connectivity index (χ1) is 7.72. The van der Waals surface area contributed by atoms with Crippen LogP contribution in [-0.4, -0.2) is 31.6 Å². The highest BCUT2D eigenvalue weighted by Crippen LogP contribution is 2.32. The Labute approximate surface area is 103 Å². The molecule has 0 aromatic carbocycles. The van der Waals surface area contributed by atoms with Gasteiger partial charge in [0, 0.05) is 24.0 Å². The molecule has 3 heteroatoms. The van der Waals surface area contributed by atoms with E-state index in [9.17, 15) is 0 Å². The second-order valence-corrected chi connectivity index (χ2v) is 5.88. The van der Waals surface area contributed by atoms with E-state index < -0.39 is 0 Å². The average molecular weight is 238 g/mol. The summed E-state index contributed by atoms with van der Waals surface area (Å²) in [4.78, 5) is 4.22. The maximum absolute atomic E-state index is 3.26. The molecule has 0 bridgehead atoms. The molecule has 90 valence electrons. The summed E-state index contributed by atoms with van der Waals surface area (Å²) in [6.07, 6.45) is 1.24. The topological polar surface area (TPSA) is 15.3 Å². The highest BCUT2D eigenvalue weighted by Gasteiger charge is 2.25. The lowest BCUT2D eigenvalue weighted by atomic mass is 10.00. The molecule has 2 rings (SSSR count). The van der Waals surface area contributed by atoms with Crippen molar-refractivity contribution in [3.8, 4) is 0 Å². The van der Waals surface area contributed by atoms with E-state index in [4.69, 9.17) is 0 Å². The number of nitrogens with one attached hydrogen (secondary N) is 1. The first-order valence-electron chi connectivity index (χ1n) is 6.17. The molecular weight excluding hydrogens is 216 g/mol. The molecule has 0 aliphatic carbocycles. The first-order valence-corrected chi connectivity index (χ1v) is 7.05. The summed E-state index contributed by atoms with van der Waals surface area (Å²) < 4.78 is 0. The molecule has 0 fully saturated rings. The second-order valence-electron chi connectivity index (χ2n) is 4.88. The molecule has 2 unspecified atom stereocenters. The fraction of sp³-hybridized carbons (Fsp3) is 0.692. The van der Waals surface area contributed by atoms with Crippen molar-refractivity contribution in [1.29, 1.82) is 0 Å².